The monoisotopic (exact) mass is 625 g/mol. The average molecular weight is 626 g/mol. The third-order valence-electron chi connectivity index (χ3n) is 8.66. The van der Waals surface area contributed by atoms with Gasteiger partial charge in [0.1, 0.15) is 0 Å². The lowest BCUT2D eigenvalue weighted by Crippen LogP contribution is -2.43. The first-order valence-electron chi connectivity index (χ1n) is 17.1. The Balaban J connectivity index is 2.95. The van der Waals surface area contributed by atoms with Crippen molar-refractivity contribution in [3.63, 3.8) is 0 Å². The van der Waals surface area contributed by atoms with Gasteiger partial charge >= 0.3 is 5.97 Å². The Morgan fingerprint density at radius 3 is 2.30 bits per heavy atom. The van der Waals surface area contributed by atoms with Gasteiger partial charge in [-0.25, -0.2) is 0 Å². The predicted octanol–water partition coefficient (Wildman–Crippen LogP) is 4.99. The van der Waals surface area contributed by atoms with E-state index in [9.17, 15) is 30.0 Å². The minimum absolute atomic E-state index is 0.106. The van der Waals surface area contributed by atoms with Crippen molar-refractivity contribution in [3.05, 3.63) is 23.8 Å². The molecule has 0 aromatic rings. The summed E-state index contributed by atoms with van der Waals surface area (Å²) >= 11 is 0. The molecule has 1 amide bonds. The highest BCUT2D eigenvalue weighted by Crippen LogP contribution is 2.22. The molecule has 44 heavy (non-hydrogen) atoms. The average Bonchev–Trinajstić information content (AvgIpc) is 2.98. The molecule has 9 heteroatoms. The zero-order valence-corrected chi connectivity index (χ0v) is 28.1. The Morgan fingerprint density at radius 1 is 0.909 bits per heavy atom. The third kappa shape index (κ3) is 17.6. The van der Waals surface area contributed by atoms with E-state index in [1.165, 1.54) is 0 Å². The lowest BCUT2D eigenvalue weighted by molar-refractivity contribution is -0.160. The van der Waals surface area contributed by atoms with Crippen LogP contribution in [-0.2, 0) is 19.1 Å². The van der Waals surface area contributed by atoms with Crippen LogP contribution >= 0.6 is 0 Å². The van der Waals surface area contributed by atoms with Crippen LogP contribution < -0.4 is 5.32 Å². The summed E-state index contributed by atoms with van der Waals surface area (Å²) < 4.78 is 10.9. The fraction of sp³-hybridized carbons (Fsp3) is 0.829. The van der Waals surface area contributed by atoms with Gasteiger partial charge in [-0.2, -0.15) is 0 Å². The molecule has 256 valence electrons. The van der Waals surface area contributed by atoms with Gasteiger partial charge in [-0.3, -0.25) is 9.59 Å². The molecule has 0 aliphatic carbocycles. The maximum Gasteiger partial charge on any atom is 0.309 e. The van der Waals surface area contributed by atoms with Crippen molar-refractivity contribution in [1.82, 2.24) is 5.32 Å². The Morgan fingerprint density at radius 2 is 1.61 bits per heavy atom. The van der Waals surface area contributed by atoms with Crippen LogP contribution in [0.4, 0.5) is 0 Å². The Bertz CT molecular complexity index is 847. The lowest BCUT2D eigenvalue weighted by atomic mass is 9.92. The summed E-state index contributed by atoms with van der Waals surface area (Å²) in [7, 11) is 1.62. The molecule has 5 N–H and O–H groups in total. The van der Waals surface area contributed by atoms with E-state index in [0.29, 0.717) is 50.5 Å². The third-order valence-corrected chi connectivity index (χ3v) is 8.66. The molecule has 0 spiro atoms. The van der Waals surface area contributed by atoms with Gasteiger partial charge in [0, 0.05) is 20.1 Å². The Kier molecular flexibility index (Phi) is 21.5. The fourth-order valence-corrected chi connectivity index (χ4v) is 5.76. The molecule has 0 aromatic carbocycles. The molecule has 1 aliphatic heterocycles. The number of aliphatic hydroxyl groups excluding tert-OH is 4. The molecule has 0 saturated carbocycles. The molecule has 0 unspecified atom stereocenters. The number of hydrogen-bond donors (Lipinski definition) is 5. The highest BCUT2D eigenvalue weighted by molar-refractivity contribution is 5.84. The number of amides is 1. The van der Waals surface area contributed by atoms with Crippen LogP contribution in [0.5, 0.6) is 0 Å². The van der Waals surface area contributed by atoms with Crippen molar-refractivity contribution in [3.8, 4) is 0 Å². The van der Waals surface area contributed by atoms with Crippen LogP contribution in [0.3, 0.4) is 0 Å². The normalized spacial score (nSPS) is 34.4. The molecule has 0 fully saturated rings. The SMILES string of the molecule is CCC[C@@H]1OC(=O)[C@@H](C)C[C@H](C)CCCC[C@@H](O)CCC[C@H](CC)/C=C/C=C(\COC)CC[C@@H](O)[C@@H](O)C[C@H](O)CNC1=O. The summed E-state index contributed by atoms with van der Waals surface area (Å²) in [6, 6.07) is 0. The first kappa shape index (κ1) is 40.2. The summed E-state index contributed by atoms with van der Waals surface area (Å²) in [4.78, 5) is 25.7. The summed E-state index contributed by atoms with van der Waals surface area (Å²) in [5, 5.41) is 44.7. The maximum atomic E-state index is 12.8. The van der Waals surface area contributed by atoms with Gasteiger partial charge in [-0.15, -0.1) is 0 Å². The van der Waals surface area contributed by atoms with Crippen molar-refractivity contribution in [2.24, 2.45) is 17.8 Å². The minimum atomic E-state index is -1.17. The molecular weight excluding hydrogens is 562 g/mol. The van der Waals surface area contributed by atoms with Crippen molar-refractivity contribution in [2.75, 3.05) is 20.3 Å². The van der Waals surface area contributed by atoms with Gasteiger partial charge in [0.15, 0.2) is 6.10 Å². The molecule has 0 saturated heterocycles. The topological polar surface area (TPSA) is 146 Å². The Hall–Kier alpha value is -1.78. The molecular formula is C35H63NO8. The van der Waals surface area contributed by atoms with Crippen molar-refractivity contribution in [2.45, 2.75) is 148 Å². The quantitative estimate of drug-likeness (QED) is 0.269. The van der Waals surface area contributed by atoms with Crippen molar-refractivity contribution in [1.29, 1.82) is 0 Å². The van der Waals surface area contributed by atoms with Gasteiger partial charge < -0.3 is 35.2 Å². The van der Waals surface area contributed by atoms with Crippen molar-refractivity contribution < 1.29 is 39.5 Å². The van der Waals surface area contributed by atoms with Crippen LogP contribution in [0.15, 0.2) is 23.8 Å². The number of allylic oxidation sites excluding steroid dienone is 3. The highest BCUT2D eigenvalue weighted by atomic mass is 16.5. The number of hydrogen-bond acceptors (Lipinski definition) is 8. The summed E-state index contributed by atoms with van der Waals surface area (Å²) in [6.07, 6.45) is 11.5. The van der Waals surface area contributed by atoms with E-state index >= 15 is 0 Å². The molecule has 1 heterocycles. The number of β-amino-alcohol motifs (C(OH)–C–C–N with tert-alkyl or cyclic N) is 1. The van der Waals surface area contributed by atoms with Crippen LogP contribution in [0.25, 0.3) is 0 Å². The van der Waals surface area contributed by atoms with E-state index in [-0.39, 0.29) is 25.0 Å². The molecule has 9 nitrogen and oxygen atoms in total. The second-order valence-corrected chi connectivity index (χ2v) is 12.9. The fourth-order valence-electron chi connectivity index (χ4n) is 5.76. The smallest absolute Gasteiger partial charge is 0.309 e. The molecule has 1 aliphatic rings. The minimum Gasteiger partial charge on any atom is -0.452 e. The molecule has 8 atom stereocenters. The number of methoxy groups -OCH3 is 1. The highest BCUT2D eigenvalue weighted by Gasteiger charge is 2.27. The second kappa shape index (κ2) is 23.5. The zero-order valence-electron chi connectivity index (χ0n) is 28.1. The van der Waals surface area contributed by atoms with E-state index in [2.05, 4.69) is 25.2 Å². The number of nitrogens with one attached hydrogen (secondary N) is 1. The summed E-state index contributed by atoms with van der Waals surface area (Å²) in [5.41, 5.74) is 0.987. The van der Waals surface area contributed by atoms with Crippen LogP contribution in [0, 0.1) is 17.8 Å². The van der Waals surface area contributed by atoms with Gasteiger partial charge in [0.2, 0.25) is 0 Å². The molecule has 0 bridgehead atoms. The molecule has 0 radical (unpaired) electrons. The van der Waals surface area contributed by atoms with Gasteiger partial charge in [0.05, 0.1) is 36.9 Å². The first-order valence-corrected chi connectivity index (χ1v) is 17.1. The predicted molar refractivity (Wildman–Crippen MR) is 174 cm³/mol. The van der Waals surface area contributed by atoms with Gasteiger partial charge in [0.25, 0.3) is 5.91 Å². The zero-order chi connectivity index (χ0) is 32.9. The summed E-state index contributed by atoms with van der Waals surface area (Å²) in [6.45, 7) is 8.29. The maximum absolute atomic E-state index is 12.8. The number of esters is 1. The van der Waals surface area contributed by atoms with Gasteiger partial charge in [-0.05, 0) is 68.8 Å². The van der Waals surface area contributed by atoms with Crippen LogP contribution in [0.2, 0.25) is 0 Å². The largest absolute Gasteiger partial charge is 0.452 e. The van der Waals surface area contributed by atoms with E-state index in [1.807, 2.05) is 26.0 Å². The molecule has 0 aromatic heterocycles. The number of aliphatic hydroxyl groups is 4. The Labute approximate surface area is 266 Å². The van der Waals surface area contributed by atoms with E-state index in [0.717, 1.165) is 56.9 Å². The first-order chi connectivity index (χ1) is 21.0. The van der Waals surface area contributed by atoms with Crippen molar-refractivity contribution >= 4 is 11.9 Å². The van der Waals surface area contributed by atoms with Gasteiger partial charge in [-0.1, -0.05) is 78.0 Å². The van der Waals surface area contributed by atoms with E-state index < -0.39 is 36.3 Å². The van der Waals surface area contributed by atoms with E-state index in [1.54, 1.807) is 7.11 Å². The number of carbonyl (C=O) groups is 2. The second-order valence-electron chi connectivity index (χ2n) is 12.9. The number of carbonyl (C=O) groups excluding carboxylic acids is 2. The summed E-state index contributed by atoms with van der Waals surface area (Å²) in [5.74, 6) is -0.511. The molecule has 1 rings (SSSR count). The van der Waals surface area contributed by atoms with E-state index in [4.69, 9.17) is 9.47 Å². The van der Waals surface area contributed by atoms with Crippen LogP contribution in [-0.4, -0.2) is 83.1 Å². The lowest BCUT2D eigenvalue weighted by Gasteiger charge is -2.23. The number of cyclic esters (lactones) is 1. The number of rotatable bonds is 5. The standard InChI is InChI=1S/C35H63NO8/c1-6-12-33-34(41)36-23-30(38)22-32(40)31(39)20-19-28(24-43-5)16-10-14-27(7-2)15-11-18-29(37)17-9-8-13-25(3)21-26(4)35(42)44-33/h10,14,16,25-27,29-33,37-40H,6-9,11-13,15,17-24H2,1-5H3,(H,36,41)/b14-10+,28-16-/t25-,26+,27-,29-,30+,31-,32+,33+/m1/s1. The van der Waals surface area contributed by atoms with Crippen LogP contribution in [0.1, 0.15) is 118 Å². The number of ether oxygens (including phenoxy) is 2.